The van der Waals surface area contributed by atoms with Crippen molar-refractivity contribution in [2.45, 2.75) is 6.61 Å². The summed E-state index contributed by atoms with van der Waals surface area (Å²) in [6.07, 6.45) is 1.14. The van der Waals surface area contributed by atoms with Crippen molar-refractivity contribution in [3.05, 3.63) is 17.7 Å². The Balaban J connectivity index is 3.05. The van der Waals surface area contributed by atoms with E-state index in [1.165, 1.54) is 26.4 Å². The number of benzene rings is 1. The SMILES string of the molecule is COc1cc(/C=N\NC(=O)C(N)=O)cc(OC)c1OC(F)F. The van der Waals surface area contributed by atoms with Crippen LogP contribution in [-0.2, 0) is 9.59 Å². The van der Waals surface area contributed by atoms with Gasteiger partial charge in [-0.2, -0.15) is 13.9 Å². The summed E-state index contributed by atoms with van der Waals surface area (Å²) < 4.78 is 38.9. The van der Waals surface area contributed by atoms with Gasteiger partial charge in [0.1, 0.15) is 0 Å². The van der Waals surface area contributed by atoms with E-state index >= 15 is 0 Å². The van der Waals surface area contributed by atoms with E-state index in [9.17, 15) is 18.4 Å². The summed E-state index contributed by atoms with van der Waals surface area (Å²) in [5, 5.41) is 3.48. The molecule has 0 saturated carbocycles. The largest absolute Gasteiger partial charge is 0.493 e. The van der Waals surface area contributed by atoms with E-state index in [0.29, 0.717) is 5.56 Å². The zero-order chi connectivity index (χ0) is 16.7. The average molecular weight is 317 g/mol. The first-order chi connectivity index (χ1) is 10.4. The average Bonchev–Trinajstić information content (AvgIpc) is 2.47. The van der Waals surface area contributed by atoms with Crippen LogP contribution in [0.3, 0.4) is 0 Å². The van der Waals surface area contributed by atoms with Gasteiger partial charge in [-0.3, -0.25) is 9.59 Å². The minimum absolute atomic E-state index is 0.0256. The summed E-state index contributed by atoms with van der Waals surface area (Å²) in [6, 6.07) is 2.64. The monoisotopic (exact) mass is 317 g/mol. The number of alkyl halides is 2. The molecule has 0 fully saturated rings. The molecule has 0 spiro atoms. The Labute approximate surface area is 123 Å². The number of primary amides is 1. The predicted molar refractivity (Wildman–Crippen MR) is 71.1 cm³/mol. The van der Waals surface area contributed by atoms with E-state index in [2.05, 4.69) is 9.84 Å². The fourth-order valence-electron chi connectivity index (χ4n) is 1.40. The first kappa shape index (κ1) is 17.1. The Morgan fingerprint density at radius 2 is 1.82 bits per heavy atom. The normalized spacial score (nSPS) is 10.6. The molecular formula is C12H13F2N3O5. The van der Waals surface area contributed by atoms with Crippen molar-refractivity contribution in [2.24, 2.45) is 10.8 Å². The van der Waals surface area contributed by atoms with Crippen molar-refractivity contribution in [3.8, 4) is 17.2 Å². The van der Waals surface area contributed by atoms with E-state index in [1.807, 2.05) is 5.43 Å². The number of hydrogen-bond donors (Lipinski definition) is 2. The number of carbonyl (C=O) groups excluding carboxylic acids is 2. The molecule has 120 valence electrons. The van der Waals surface area contributed by atoms with E-state index in [0.717, 1.165) is 6.21 Å². The second-order valence-corrected chi connectivity index (χ2v) is 3.70. The molecule has 0 radical (unpaired) electrons. The number of hydrazone groups is 1. The molecule has 3 N–H and O–H groups in total. The van der Waals surface area contributed by atoms with Crippen LogP contribution in [0.4, 0.5) is 8.78 Å². The Morgan fingerprint density at radius 3 is 2.23 bits per heavy atom. The summed E-state index contributed by atoms with van der Waals surface area (Å²) in [4.78, 5) is 21.4. The summed E-state index contributed by atoms with van der Waals surface area (Å²) in [5.41, 5.74) is 6.93. The van der Waals surface area contributed by atoms with Crippen molar-refractivity contribution in [1.82, 2.24) is 5.43 Å². The first-order valence-corrected chi connectivity index (χ1v) is 5.72. The van der Waals surface area contributed by atoms with Crippen molar-refractivity contribution in [1.29, 1.82) is 0 Å². The molecule has 1 rings (SSSR count). The number of ether oxygens (including phenoxy) is 3. The Kier molecular flexibility index (Phi) is 6.05. The smallest absolute Gasteiger partial charge is 0.387 e. The van der Waals surface area contributed by atoms with Gasteiger partial charge in [0.05, 0.1) is 20.4 Å². The molecule has 0 bridgehead atoms. The van der Waals surface area contributed by atoms with Gasteiger partial charge < -0.3 is 19.9 Å². The van der Waals surface area contributed by atoms with Crippen molar-refractivity contribution in [2.75, 3.05) is 14.2 Å². The number of nitrogens with zero attached hydrogens (tertiary/aromatic N) is 1. The van der Waals surface area contributed by atoms with Gasteiger partial charge in [-0.15, -0.1) is 0 Å². The molecule has 0 aliphatic carbocycles. The quantitative estimate of drug-likeness (QED) is 0.443. The Bertz CT molecular complexity index is 567. The maximum absolute atomic E-state index is 12.4. The van der Waals surface area contributed by atoms with Gasteiger partial charge in [0, 0.05) is 5.56 Å². The molecule has 0 atom stereocenters. The van der Waals surface area contributed by atoms with Gasteiger partial charge in [0.2, 0.25) is 5.75 Å². The predicted octanol–water partition coefficient (Wildman–Crippen LogP) is 0.241. The number of nitrogens with one attached hydrogen (secondary N) is 1. The topological polar surface area (TPSA) is 112 Å². The standard InChI is InChI=1S/C12H13F2N3O5/c1-20-7-3-6(5-16-17-11(19)10(15)18)4-8(21-2)9(7)22-12(13)14/h3-5,12H,1-2H3,(H2,15,18)(H,17,19)/b16-5-. The molecule has 2 amide bonds. The van der Waals surface area contributed by atoms with Gasteiger partial charge in [0.15, 0.2) is 11.5 Å². The third-order valence-corrected chi connectivity index (χ3v) is 2.29. The molecule has 0 unspecified atom stereocenters. The molecule has 10 heteroatoms. The Hall–Kier alpha value is -2.91. The van der Waals surface area contributed by atoms with Gasteiger partial charge in [0.25, 0.3) is 0 Å². The van der Waals surface area contributed by atoms with Crippen LogP contribution in [0.15, 0.2) is 17.2 Å². The fourth-order valence-corrected chi connectivity index (χ4v) is 1.40. The summed E-state index contributed by atoms with van der Waals surface area (Å²) in [7, 11) is 2.51. The number of amides is 2. The highest BCUT2D eigenvalue weighted by Gasteiger charge is 2.17. The molecule has 8 nitrogen and oxygen atoms in total. The molecule has 0 aliphatic rings. The van der Waals surface area contributed by atoms with Gasteiger partial charge in [-0.05, 0) is 12.1 Å². The maximum Gasteiger partial charge on any atom is 0.387 e. The van der Waals surface area contributed by atoms with Gasteiger partial charge in [-0.25, -0.2) is 5.43 Å². The summed E-state index contributed by atoms with van der Waals surface area (Å²) >= 11 is 0. The second kappa shape index (κ2) is 7.76. The van der Waals surface area contributed by atoms with Crippen molar-refractivity contribution >= 4 is 18.0 Å². The second-order valence-electron chi connectivity index (χ2n) is 3.70. The van der Waals surface area contributed by atoms with Crippen molar-refractivity contribution < 1.29 is 32.6 Å². The maximum atomic E-state index is 12.4. The van der Waals surface area contributed by atoms with Crippen LogP contribution in [0.5, 0.6) is 17.2 Å². The highest BCUT2D eigenvalue weighted by molar-refractivity contribution is 6.34. The van der Waals surface area contributed by atoms with E-state index in [-0.39, 0.29) is 17.2 Å². The summed E-state index contributed by atoms with van der Waals surface area (Å²) in [5.74, 6) is -2.64. The van der Waals surface area contributed by atoms with Crippen LogP contribution in [0, 0.1) is 0 Å². The number of carbonyl (C=O) groups is 2. The molecule has 0 heterocycles. The highest BCUT2D eigenvalue weighted by atomic mass is 19.3. The van der Waals surface area contributed by atoms with Gasteiger partial charge in [-0.1, -0.05) is 0 Å². The Morgan fingerprint density at radius 1 is 1.27 bits per heavy atom. The minimum atomic E-state index is -3.06. The number of methoxy groups -OCH3 is 2. The molecule has 0 aliphatic heterocycles. The molecule has 1 aromatic carbocycles. The third-order valence-electron chi connectivity index (χ3n) is 2.29. The lowest BCUT2D eigenvalue weighted by atomic mass is 10.2. The molecule has 22 heavy (non-hydrogen) atoms. The highest BCUT2D eigenvalue weighted by Crippen LogP contribution is 2.39. The van der Waals surface area contributed by atoms with Crippen LogP contribution in [0.2, 0.25) is 0 Å². The zero-order valence-electron chi connectivity index (χ0n) is 11.6. The lowest BCUT2D eigenvalue weighted by molar-refractivity contribution is -0.137. The molecule has 0 aromatic heterocycles. The fraction of sp³-hybridized carbons (Fsp3) is 0.250. The first-order valence-electron chi connectivity index (χ1n) is 5.72. The van der Waals surface area contributed by atoms with E-state index < -0.39 is 18.4 Å². The molecule has 0 saturated heterocycles. The molecule has 1 aromatic rings. The number of nitrogens with two attached hydrogens (primary N) is 1. The lowest BCUT2D eigenvalue weighted by Crippen LogP contribution is -2.32. The van der Waals surface area contributed by atoms with Crippen LogP contribution in [0.1, 0.15) is 5.56 Å². The number of hydrogen-bond acceptors (Lipinski definition) is 6. The molecular weight excluding hydrogens is 304 g/mol. The van der Waals surface area contributed by atoms with E-state index in [1.54, 1.807) is 0 Å². The van der Waals surface area contributed by atoms with Crippen LogP contribution in [-0.4, -0.2) is 38.9 Å². The van der Waals surface area contributed by atoms with Crippen molar-refractivity contribution in [3.63, 3.8) is 0 Å². The van der Waals surface area contributed by atoms with E-state index in [4.69, 9.17) is 15.2 Å². The summed E-state index contributed by atoms with van der Waals surface area (Å²) in [6.45, 7) is -3.06. The van der Waals surface area contributed by atoms with Crippen LogP contribution >= 0.6 is 0 Å². The van der Waals surface area contributed by atoms with Gasteiger partial charge >= 0.3 is 18.4 Å². The lowest BCUT2D eigenvalue weighted by Gasteiger charge is -2.14. The minimum Gasteiger partial charge on any atom is -0.493 e. The van der Waals surface area contributed by atoms with Crippen LogP contribution < -0.4 is 25.4 Å². The number of rotatable bonds is 6. The number of halogens is 2. The van der Waals surface area contributed by atoms with Crippen LogP contribution in [0.25, 0.3) is 0 Å². The zero-order valence-corrected chi connectivity index (χ0v) is 11.6. The third kappa shape index (κ3) is 4.58.